The third kappa shape index (κ3) is 3.52. The first kappa shape index (κ1) is 19.2. The molecule has 152 valence electrons. The van der Waals surface area contributed by atoms with Crippen molar-refractivity contribution in [2.45, 2.75) is 63.7 Å². The molecule has 1 saturated carbocycles. The Kier molecular flexibility index (Phi) is 4.42. The minimum atomic E-state index is -4.43. The highest BCUT2D eigenvalue weighted by Crippen LogP contribution is 2.46. The van der Waals surface area contributed by atoms with Crippen molar-refractivity contribution in [3.8, 4) is 0 Å². The van der Waals surface area contributed by atoms with Gasteiger partial charge < -0.3 is 0 Å². The Balaban J connectivity index is 1.47. The van der Waals surface area contributed by atoms with Gasteiger partial charge in [-0.2, -0.15) is 18.3 Å². The van der Waals surface area contributed by atoms with E-state index in [1.54, 1.807) is 0 Å². The van der Waals surface area contributed by atoms with E-state index in [-0.39, 0.29) is 17.4 Å². The van der Waals surface area contributed by atoms with E-state index in [4.69, 9.17) is 0 Å². The average Bonchev–Trinajstić information content (AvgIpc) is 3.21. The summed E-state index contributed by atoms with van der Waals surface area (Å²) in [6.07, 6.45) is -0.904. The zero-order chi connectivity index (χ0) is 19.6. The Morgan fingerprint density at radius 3 is 2.56 bits per heavy atom. The van der Waals surface area contributed by atoms with Crippen LogP contribution in [0.2, 0.25) is 0 Å². The first-order valence-electron chi connectivity index (χ1n) is 9.59. The van der Waals surface area contributed by atoms with Gasteiger partial charge >= 0.3 is 6.18 Å². The molecule has 1 aromatic heterocycles. The van der Waals surface area contributed by atoms with Gasteiger partial charge in [-0.15, -0.1) is 0 Å². The lowest BCUT2D eigenvalue weighted by Crippen LogP contribution is -2.50. The lowest BCUT2D eigenvalue weighted by molar-refractivity contribution is -0.141. The van der Waals surface area contributed by atoms with E-state index in [9.17, 15) is 21.6 Å². The number of aromatic nitrogens is 2. The molecular formula is C18H26F3N3O2S. The van der Waals surface area contributed by atoms with Crippen molar-refractivity contribution >= 4 is 9.84 Å². The summed E-state index contributed by atoms with van der Waals surface area (Å²) in [6.45, 7) is 5.40. The summed E-state index contributed by atoms with van der Waals surface area (Å²) in [5.74, 6) is 0.659. The van der Waals surface area contributed by atoms with Crippen molar-refractivity contribution in [3.63, 3.8) is 0 Å². The van der Waals surface area contributed by atoms with Gasteiger partial charge in [0.2, 0.25) is 0 Å². The molecule has 3 fully saturated rings. The summed E-state index contributed by atoms with van der Waals surface area (Å²) in [7, 11) is -2.85. The Morgan fingerprint density at radius 2 is 1.96 bits per heavy atom. The van der Waals surface area contributed by atoms with Gasteiger partial charge in [-0.05, 0) is 52.1 Å². The second-order valence-electron chi connectivity index (χ2n) is 8.91. The van der Waals surface area contributed by atoms with Crippen LogP contribution in [0, 0.1) is 5.41 Å². The van der Waals surface area contributed by atoms with Gasteiger partial charge in [-0.3, -0.25) is 9.58 Å². The van der Waals surface area contributed by atoms with Crippen LogP contribution >= 0.6 is 0 Å². The molecule has 2 atom stereocenters. The second-order valence-corrected chi connectivity index (χ2v) is 11.0. The largest absolute Gasteiger partial charge is 0.435 e. The lowest BCUT2D eigenvalue weighted by atomic mass is 9.91. The normalized spacial score (nSPS) is 30.3. The number of hydrogen-bond donors (Lipinski definition) is 0. The summed E-state index contributed by atoms with van der Waals surface area (Å²) in [5.41, 5.74) is -0.200. The van der Waals surface area contributed by atoms with E-state index in [0.29, 0.717) is 23.2 Å². The Morgan fingerprint density at radius 1 is 1.26 bits per heavy atom. The number of sulfone groups is 1. The molecule has 1 aliphatic carbocycles. The van der Waals surface area contributed by atoms with Crippen LogP contribution in [0.25, 0.3) is 0 Å². The Bertz CT molecular complexity index is 819. The molecule has 4 rings (SSSR count). The standard InChI is InChI=1S/C18H26F3N3O2S/c1-12(2)24-15(8-16(22-24)18(19,20)21)13-3-4-14(7-13)23-6-5-17(9-23)10-27(25,26)11-17/h8,12-14H,3-7,9-11H2,1-2H3/t13-,14-/m1/s1. The highest BCUT2D eigenvalue weighted by atomic mass is 32.2. The molecule has 0 aromatic carbocycles. The van der Waals surface area contributed by atoms with Gasteiger partial charge in [0.1, 0.15) is 0 Å². The Labute approximate surface area is 157 Å². The van der Waals surface area contributed by atoms with Gasteiger partial charge in [0.25, 0.3) is 0 Å². The van der Waals surface area contributed by atoms with E-state index < -0.39 is 21.7 Å². The molecule has 0 bridgehead atoms. The van der Waals surface area contributed by atoms with Crippen LogP contribution in [0.3, 0.4) is 0 Å². The first-order valence-corrected chi connectivity index (χ1v) is 11.4. The van der Waals surface area contributed by atoms with Crippen LogP contribution in [0.1, 0.15) is 62.9 Å². The number of hydrogen-bond acceptors (Lipinski definition) is 4. The zero-order valence-corrected chi connectivity index (χ0v) is 16.5. The molecule has 0 radical (unpaired) electrons. The van der Waals surface area contributed by atoms with E-state index in [1.807, 2.05) is 13.8 Å². The fourth-order valence-corrected chi connectivity index (χ4v) is 7.48. The maximum absolute atomic E-state index is 13.1. The van der Waals surface area contributed by atoms with Crippen molar-refractivity contribution in [2.75, 3.05) is 24.6 Å². The number of alkyl halides is 3. The molecular weight excluding hydrogens is 379 g/mol. The van der Waals surface area contributed by atoms with Crippen LogP contribution in [-0.2, 0) is 16.0 Å². The number of likely N-dealkylation sites (tertiary alicyclic amines) is 1. The lowest BCUT2D eigenvalue weighted by Gasteiger charge is -2.38. The van der Waals surface area contributed by atoms with Crippen molar-refractivity contribution in [3.05, 3.63) is 17.5 Å². The second kappa shape index (κ2) is 6.20. The molecule has 0 N–H and O–H groups in total. The minimum absolute atomic E-state index is 0.0694. The third-order valence-corrected chi connectivity index (χ3v) is 8.51. The number of rotatable bonds is 3. The van der Waals surface area contributed by atoms with E-state index in [1.165, 1.54) is 10.7 Å². The van der Waals surface area contributed by atoms with Gasteiger partial charge in [-0.25, -0.2) is 8.42 Å². The highest BCUT2D eigenvalue weighted by molar-refractivity contribution is 7.92. The highest BCUT2D eigenvalue weighted by Gasteiger charge is 2.53. The molecule has 2 aliphatic heterocycles. The van der Waals surface area contributed by atoms with Crippen LogP contribution in [0.4, 0.5) is 13.2 Å². The first-order chi connectivity index (χ1) is 12.5. The summed E-state index contributed by atoms with van der Waals surface area (Å²) in [6, 6.07) is 1.42. The van der Waals surface area contributed by atoms with E-state index in [2.05, 4.69) is 10.00 Å². The van der Waals surface area contributed by atoms with Gasteiger partial charge in [0.05, 0.1) is 11.5 Å². The topological polar surface area (TPSA) is 55.2 Å². The molecule has 1 spiro atoms. The molecule has 2 saturated heterocycles. The minimum Gasteiger partial charge on any atom is -0.300 e. The summed E-state index contributed by atoms with van der Waals surface area (Å²) in [4.78, 5) is 2.37. The monoisotopic (exact) mass is 405 g/mol. The molecule has 3 heterocycles. The fourth-order valence-electron chi connectivity index (χ4n) is 5.23. The molecule has 5 nitrogen and oxygen atoms in total. The van der Waals surface area contributed by atoms with Crippen LogP contribution in [0.15, 0.2) is 6.07 Å². The van der Waals surface area contributed by atoms with Gasteiger partial charge in [0, 0.05) is 35.7 Å². The van der Waals surface area contributed by atoms with Gasteiger partial charge in [0.15, 0.2) is 15.5 Å². The maximum atomic E-state index is 13.1. The molecule has 9 heteroatoms. The predicted molar refractivity (Wildman–Crippen MR) is 95.3 cm³/mol. The molecule has 0 amide bonds. The zero-order valence-electron chi connectivity index (χ0n) is 15.7. The molecule has 0 unspecified atom stereocenters. The number of nitrogens with zero attached hydrogens (tertiary/aromatic N) is 3. The Hall–Kier alpha value is -1.09. The maximum Gasteiger partial charge on any atom is 0.435 e. The average molecular weight is 405 g/mol. The van der Waals surface area contributed by atoms with Gasteiger partial charge in [-0.1, -0.05) is 0 Å². The van der Waals surface area contributed by atoms with Crippen LogP contribution < -0.4 is 0 Å². The number of halogens is 3. The van der Waals surface area contributed by atoms with E-state index >= 15 is 0 Å². The SMILES string of the molecule is CC(C)n1nc(C(F)(F)F)cc1[C@@H]1CC[C@@H](N2CCC3(C2)CS(=O)(=O)C3)C1. The van der Waals surface area contributed by atoms with Crippen molar-refractivity contribution in [1.29, 1.82) is 0 Å². The molecule has 3 aliphatic rings. The smallest absolute Gasteiger partial charge is 0.300 e. The third-order valence-electron chi connectivity index (χ3n) is 6.40. The van der Waals surface area contributed by atoms with Crippen LogP contribution in [0.5, 0.6) is 0 Å². The van der Waals surface area contributed by atoms with Crippen molar-refractivity contribution < 1.29 is 21.6 Å². The van der Waals surface area contributed by atoms with Crippen LogP contribution in [-0.4, -0.2) is 53.7 Å². The van der Waals surface area contributed by atoms with Crippen molar-refractivity contribution in [2.24, 2.45) is 5.41 Å². The predicted octanol–water partition coefficient (Wildman–Crippen LogP) is 3.24. The quantitative estimate of drug-likeness (QED) is 0.775. The molecule has 27 heavy (non-hydrogen) atoms. The molecule has 1 aromatic rings. The summed E-state index contributed by atoms with van der Waals surface area (Å²) in [5, 5.41) is 3.82. The van der Waals surface area contributed by atoms with E-state index in [0.717, 1.165) is 38.8 Å². The van der Waals surface area contributed by atoms with Crippen molar-refractivity contribution in [1.82, 2.24) is 14.7 Å². The fraction of sp³-hybridized carbons (Fsp3) is 0.833. The summed E-state index contributed by atoms with van der Waals surface area (Å²) < 4.78 is 64.0. The summed E-state index contributed by atoms with van der Waals surface area (Å²) >= 11 is 0.